The minimum absolute atomic E-state index is 0.00951. The molecule has 2 aromatic rings. The average Bonchev–Trinajstić information content (AvgIpc) is 2.72. The fourth-order valence-corrected chi connectivity index (χ4v) is 2.42. The maximum absolute atomic E-state index is 12.3. The molecule has 0 aliphatic heterocycles. The fourth-order valence-electron chi connectivity index (χ4n) is 2.42. The Morgan fingerprint density at radius 3 is 1.93 bits per heavy atom. The zero-order chi connectivity index (χ0) is 21.4. The van der Waals surface area contributed by atoms with Crippen molar-refractivity contribution >= 4 is 17.5 Å². The predicted octanol–water partition coefficient (Wildman–Crippen LogP) is 2.48. The minimum atomic E-state index is -0.720. The summed E-state index contributed by atoms with van der Waals surface area (Å²) in [6, 6.07) is 8.32. The maximum Gasteiger partial charge on any atom is 0.311 e. The van der Waals surface area contributed by atoms with Crippen molar-refractivity contribution in [3.05, 3.63) is 57.6 Å². The molecule has 0 heterocycles. The molecule has 2 aromatic carbocycles. The van der Waals surface area contributed by atoms with Crippen LogP contribution in [0.15, 0.2) is 36.4 Å². The molecule has 2 amide bonds. The second-order valence-electron chi connectivity index (χ2n) is 5.58. The van der Waals surface area contributed by atoms with Gasteiger partial charge in [0.15, 0.2) is 17.2 Å². The van der Waals surface area contributed by atoms with E-state index in [-0.39, 0.29) is 29.2 Å². The van der Waals surface area contributed by atoms with Gasteiger partial charge in [-0.2, -0.15) is 0 Å². The fraction of sp³-hybridized carbons (Fsp3) is 0.263. The zero-order valence-corrected chi connectivity index (χ0v) is 16.2. The van der Waals surface area contributed by atoms with Gasteiger partial charge < -0.3 is 14.2 Å². The Balaban J connectivity index is 2.09. The molecule has 10 nitrogen and oxygen atoms in total. The van der Waals surface area contributed by atoms with Gasteiger partial charge in [0, 0.05) is 17.2 Å². The first kappa shape index (κ1) is 21.5. The molecule has 2 N–H and O–H groups in total. The molecule has 0 spiro atoms. The van der Waals surface area contributed by atoms with Gasteiger partial charge in [0.25, 0.3) is 11.8 Å². The zero-order valence-electron chi connectivity index (χ0n) is 16.2. The summed E-state index contributed by atoms with van der Waals surface area (Å²) in [5, 5.41) is 11.2. The molecule has 0 unspecified atom stereocenters. The van der Waals surface area contributed by atoms with Gasteiger partial charge in [-0.15, -0.1) is 0 Å². The lowest BCUT2D eigenvalue weighted by atomic mass is 10.1. The van der Waals surface area contributed by atoms with Gasteiger partial charge in [-0.25, -0.2) is 0 Å². The number of carbonyl (C=O) groups is 2. The second kappa shape index (κ2) is 9.93. The first-order valence-electron chi connectivity index (χ1n) is 8.74. The van der Waals surface area contributed by atoms with Crippen LogP contribution in [0, 0.1) is 10.1 Å². The first-order valence-corrected chi connectivity index (χ1v) is 8.74. The number of hydrazine groups is 1. The lowest BCUT2D eigenvalue weighted by Crippen LogP contribution is -2.41. The molecule has 0 fully saturated rings. The van der Waals surface area contributed by atoms with E-state index in [9.17, 15) is 19.7 Å². The third-order valence-electron chi connectivity index (χ3n) is 3.73. The van der Waals surface area contributed by atoms with Gasteiger partial charge >= 0.3 is 5.69 Å². The number of nitro benzene ring substituents is 1. The van der Waals surface area contributed by atoms with Crippen molar-refractivity contribution in [1.82, 2.24) is 10.9 Å². The van der Waals surface area contributed by atoms with Gasteiger partial charge in [0.05, 0.1) is 25.2 Å². The lowest BCUT2D eigenvalue weighted by Gasteiger charge is -2.12. The van der Waals surface area contributed by atoms with Crippen LogP contribution < -0.4 is 25.1 Å². The van der Waals surface area contributed by atoms with Crippen LogP contribution >= 0.6 is 0 Å². The molecule has 0 saturated heterocycles. The predicted molar refractivity (Wildman–Crippen MR) is 103 cm³/mol. The van der Waals surface area contributed by atoms with Gasteiger partial charge in [0.1, 0.15) is 0 Å². The van der Waals surface area contributed by atoms with Gasteiger partial charge in [0.2, 0.25) is 0 Å². The molecular formula is C19H21N3O7. The third-order valence-corrected chi connectivity index (χ3v) is 3.73. The van der Waals surface area contributed by atoms with E-state index in [0.717, 1.165) is 6.07 Å². The number of ether oxygens (including phenoxy) is 3. The topological polar surface area (TPSA) is 129 Å². The van der Waals surface area contributed by atoms with Crippen LogP contribution in [0.2, 0.25) is 0 Å². The highest BCUT2D eigenvalue weighted by molar-refractivity contribution is 5.99. The minimum Gasteiger partial charge on any atom is -0.493 e. The Bertz CT molecular complexity index is 915. The molecule has 2 rings (SSSR count). The van der Waals surface area contributed by atoms with Crippen molar-refractivity contribution in [2.75, 3.05) is 20.3 Å². The quantitative estimate of drug-likeness (QED) is 0.512. The van der Waals surface area contributed by atoms with E-state index in [2.05, 4.69) is 10.9 Å². The van der Waals surface area contributed by atoms with Crippen LogP contribution in [0.1, 0.15) is 34.6 Å². The highest BCUT2D eigenvalue weighted by atomic mass is 16.6. The molecular weight excluding hydrogens is 382 g/mol. The number of nitrogens with zero attached hydrogens (tertiary/aromatic N) is 1. The van der Waals surface area contributed by atoms with E-state index in [0.29, 0.717) is 18.1 Å². The lowest BCUT2D eigenvalue weighted by molar-refractivity contribution is -0.385. The van der Waals surface area contributed by atoms with Gasteiger partial charge in [-0.05, 0) is 44.2 Å². The molecule has 0 radical (unpaired) electrons. The summed E-state index contributed by atoms with van der Waals surface area (Å²) in [7, 11) is 1.44. The maximum atomic E-state index is 12.3. The molecule has 0 saturated carbocycles. The van der Waals surface area contributed by atoms with Crippen LogP contribution in [0.25, 0.3) is 0 Å². The summed E-state index contributed by atoms with van der Waals surface area (Å²) in [5.41, 5.74) is 4.34. The van der Waals surface area contributed by atoms with Crippen LogP contribution in [0.4, 0.5) is 5.69 Å². The van der Waals surface area contributed by atoms with Crippen molar-refractivity contribution in [2.45, 2.75) is 13.8 Å². The molecule has 154 valence electrons. The van der Waals surface area contributed by atoms with E-state index >= 15 is 0 Å². The second-order valence-corrected chi connectivity index (χ2v) is 5.58. The van der Waals surface area contributed by atoms with E-state index in [1.165, 1.54) is 31.4 Å². The van der Waals surface area contributed by atoms with Crippen molar-refractivity contribution < 1.29 is 28.7 Å². The van der Waals surface area contributed by atoms with Crippen LogP contribution in [0.3, 0.4) is 0 Å². The number of methoxy groups -OCH3 is 1. The number of hydrogen-bond acceptors (Lipinski definition) is 7. The summed E-state index contributed by atoms with van der Waals surface area (Å²) in [4.78, 5) is 35.0. The van der Waals surface area contributed by atoms with Crippen LogP contribution in [-0.4, -0.2) is 37.1 Å². The van der Waals surface area contributed by atoms with Crippen molar-refractivity contribution in [2.24, 2.45) is 0 Å². The smallest absolute Gasteiger partial charge is 0.311 e. The van der Waals surface area contributed by atoms with E-state index in [1.54, 1.807) is 13.0 Å². The van der Waals surface area contributed by atoms with Crippen molar-refractivity contribution in [1.29, 1.82) is 0 Å². The Hall–Kier alpha value is -3.82. The molecule has 0 aliphatic rings. The molecule has 0 atom stereocenters. The SMILES string of the molecule is CCOc1ccc(C(=O)NNC(=O)c2ccc(OCC)c([N+](=O)[O-])c2)cc1OC. The number of rotatable bonds is 8. The monoisotopic (exact) mass is 403 g/mol. The Kier molecular flexibility index (Phi) is 7.35. The standard InChI is InChI=1S/C19H21N3O7/c1-4-28-15-8-6-12(10-14(15)22(25)26)18(23)20-21-19(24)13-7-9-16(29-5-2)17(11-13)27-3/h6-11H,4-5H2,1-3H3,(H,20,23)(H,21,24). The first-order chi connectivity index (χ1) is 13.9. The Morgan fingerprint density at radius 1 is 0.897 bits per heavy atom. The normalized spacial score (nSPS) is 10.0. The summed E-state index contributed by atoms with van der Waals surface area (Å²) in [6.07, 6.45) is 0. The van der Waals surface area contributed by atoms with Gasteiger partial charge in [-0.1, -0.05) is 0 Å². The summed E-state index contributed by atoms with van der Waals surface area (Å²) >= 11 is 0. The van der Waals surface area contributed by atoms with Crippen molar-refractivity contribution in [3.63, 3.8) is 0 Å². The van der Waals surface area contributed by atoms with Crippen molar-refractivity contribution in [3.8, 4) is 17.2 Å². The Morgan fingerprint density at radius 2 is 1.41 bits per heavy atom. The molecule has 0 aliphatic carbocycles. The number of hydrogen-bond donors (Lipinski definition) is 2. The highest BCUT2D eigenvalue weighted by Gasteiger charge is 2.19. The highest BCUT2D eigenvalue weighted by Crippen LogP contribution is 2.29. The number of nitrogens with one attached hydrogen (secondary N) is 2. The number of benzene rings is 2. The number of amides is 2. The van der Waals surface area contributed by atoms with Crippen LogP contribution in [0.5, 0.6) is 17.2 Å². The molecule has 0 bridgehead atoms. The molecule has 10 heteroatoms. The summed E-state index contributed by atoms with van der Waals surface area (Å²) in [5.74, 6) is -0.410. The number of carbonyl (C=O) groups excluding carboxylic acids is 2. The molecule has 0 aromatic heterocycles. The van der Waals surface area contributed by atoms with E-state index in [4.69, 9.17) is 14.2 Å². The summed E-state index contributed by atoms with van der Waals surface area (Å²) in [6.45, 7) is 4.19. The average molecular weight is 403 g/mol. The largest absolute Gasteiger partial charge is 0.493 e. The van der Waals surface area contributed by atoms with E-state index in [1.807, 2.05) is 6.92 Å². The third kappa shape index (κ3) is 5.34. The number of nitro groups is 1. The van der Waals surface area contributed by atoms with Crippen LogP contribution in [-0.2, 0) is 0 Å². The van der Waals surface area contributed by atoms with E-state index < -0.39 is 16.7 Å². The Labute approximate surface area is 166 Å². The van der Waals surface area contributed by atoms with Gasteiger partial charge in [-0.3, -0.25) is 30.6 Å². The summed E-state index contributed by atoms with van der Waals surface area (Å²) < 4.78 is 15.7. The molecule has 29 heavy (non-hydrogen) atoms.